The van der Waals surface area contributed by atoms with Crippen molar-refractivity contribution in [2.45, 2.75) is 38.0 Å². The van der Waals surface area contributed by atoms with Crippen molar-refractivity contribution in [3.05, 3.63) is 0 Å². The molecule has 0 bridgehead atoms. The van der Waals surface area contributed by atoms with Crippen molar-refractivity contribution >= 4 is 11.8 Å². The van der Waals surface area contributed by atoms with Gasteiger partial charge in [0.05, 0.1) is 0 Å². The average molecular weight is 203 g/mol. The molecule has 0 unspecified atom stereocenters. The van der Waals surface area contributed by atoms with Crippen molar-refractivity contribution in [1.29, 1.82) is 0 Å². The van der Waals surface area contributed by atoms with Crippen LogP contribution in [0, 0.1) is 0 Å². The summed E-state index contributed by atoms with van der Waals surface area (Å²) in [4.78, 5) is 0. The van der Waals surface area contributed by atoms with Gasteiger partial charge in [-0.05, 0) is 18.1 Å². The van der Waals surface area contributed by atoms with Gasteiger partial charge in [-0.3, -0.25) is 0 Å². The summed E-state index contributed by atoms with van der Waals surface area (Å²) in [5.74, 6) is 1.23. The van der Waals surface area contributed by atoms with Crippen LogP contribution in [-0.2, 0) is 4.74 Å². The first-order valence-corrected chi connectivity index (χ1v) is 6.26. The molecule has 0 spiro atoms. The highest BCUT2D eigenvalue weighted by Gasteiger charge is 2.11. The Morgan fingerprint density at radius 3 is 2.69 bits per heavy atom. The van der Waals surface area contributed by atoms with Crippen LogP contribution in [0.2, 0.25) is 0 Å². The zero-order valence-corrected chi connectivity index (χ0v) is 9.53. The van der Waals surface area contributed by atoms with Gasteiger partial charge < -0.3 is 10.1 Å². The molecule has 1 aliphatic rings. The van der Waals surface area contributed by atoms with Crippen molar-refractivity contribution in [3.8, 4) is 0 Å². The quantitative estimate of drug-likeness (QED) is 0.690. The Bertz CT molecular complexity index is 124. The van der Waals surface area contributed by atoms with Crippen molar-refractivity contribution in [1.82, 2.24) is 5.32 Å². The predicted molar refractivity (Wildman–Crippen MR) is 59.4 cm³/mol. The van der Waals surface area contributed by atoms with E-state index in [9.17, 15) is 0 Å². The van der Waals surface area contributed by atoms with Crippen LogP contribution in [0.4, 0.5) is 0 Å². The lowest BCUT2D eigenvalue weighted by Gasteiger charge is -2.23. The summed E-state index contributed by atoms with van der Waals surface area (Å²) in [5, 5.41) is 4.34. The topological polar surface area (TPSA) is 21.3 Å². The lowest BCUT2D eigenvalue weighted by Crippen LogP contribution is -2.36. The molecule has 0 radical (unpaired) electrons. The Labute approximate surface area is 85.8 Å². The largest absolute Gasteiger partial charge is 0.381 e. The maximum Gasteiger partial charge on any atom is 0.0480 e. The van der Waals surface area contributed by atoms with E-state index in [4.69, 9.17) is 4.74 Å². The molecule has 1 rings (SSSR count). The number of hydrogen-bond acceptors (Lipinski definition) is 3. The molecular formula is C10H21NOS. The van der Waals surface area contributed by atoms with E-state index in [1.807, 2.05) is 11.8 Å². The van der Waals surface area contributed by atoms with Crippen LogP contribution in [-0.4, -0.2) is 36.8 Å². The van der Waals surface area contributed by atoms with E-state index in [1.165, 1.54) is 18.6 Å². The fraction of sp³-hybridized carbons (Fsp3) is 1.00. The zero-order chi connectivity index (χ0) is 9.52. The molecule has 0 amide bonds. The molecule has 0 aromatic carbocycles. The van der Waals surface area contributed by atoms with Crippen LogP contribution in [0.15, 0.2) is 0 Å². The van der Waals surface area contributed by atoms with Gasteiger partial charge in [0, 0.05) is 31.6 Å². The number of nitrogens with one attached hydrogen (secondary N) is 1. The molecule has 0 aromatic rings. The minimum absolute atomic E-state index is 0.710. The summed E-state index contributed by atoms with van der Waals surface area (Å²) >= 11 is 2.03. The second-order valence-electron chi connectivity index (χ2n) is 3.76. The average Bonchev–Trinajstić information content (AvgIpc) is 2.14. The van der Waals surface area contributed by atoms with Crippen LogP contribution in [0.1, 0.15) is 26.7 Å². The highest BCUT2D eigenvalue weighted by Crippen LogP contribution is 2.09. The SMILES string of the molecule is CC(C)SCCNC1CCOCC1. The maximum absolute atomic E-state index is 5.30. The van der Waals surface area contributed by atoms with Gasteiger partial charge in [0.15, 0.2) is 0 Å². The molecule has 13 heavy (non-hydrogen) atoms. The molecule has 0 aromatic heterocycles. The maximum atomic E-state index is 5.30. The number of thioether (sulfide) groups is 1. The molecule has 0 saturated carbocycles. The zero-order valence-electron chi connectivity index (χ0n) is 8.71. The van der Waals surface area contributed by atoms with E-state index in [0.29, 0.717) is 6.04 Å². The molecule has 2 nitrogen and oxygen atoms in total. The monoisotopic (exact) mass is 203 g/mol. The van der Waals surface area contributed by atoms with Crippen molar-refractivity contribution in [2.24, 2.45) is 0 Å². The molecule has 1 saturated heterocycles. The molecular weight excluding hydrogens is 182 g/mol. The third kappa shape index (κ3) is 5.55. The van der Waals surface area contributed by atoms with Gasteiger partial charge in [0.1, 0.15) is 0 Å². The first-order valence-electron chi connectivity index (χ1n) is 5.22. The minimum atomic E-state index is 0.710. The first-order chi connectivity index (χ1) is 6.29. The third-order valence-electron chi connectivity index (χ3n) is 2.21. The van der Waals surface area contributed by atoms with E-state index < -0.39 is 0 Å². The van der Waals surface area contributed by atoms with Gasteiger partial charge in [-0.25, -0.2) is 0 Å². The normalized spacial score (nSPS) is 19.6. The summed E-state index contributed by atoms with van der Waals surface area (Å²) in [6.45, 7) is 7.52. The van der Waals surface area contributed by atoms with Gasteiger partial charge in [0.2, 0.25) is 0 Å². The molecule has 1 fully saturated rings. The van der Waals surface area contributed by atoms with Crippen LogP contribution in [0.5, 0.6) is 0 Å². The van der Waals surface area contributed by atoms with Crippen LogP contribution < -0.4 is 5.32 Å². The fourth-order valence-corrected chi connectivity index (χ4v) is 2.17. The highest BCUT2D eigenvalue weighted by atomic mass is 32.2. The molecule has 1 aliphatic heterocycles. The van der Waals surface area contributed by atoms with Crippen LogP contribution in [0.25, 0.3) is 0 Å². The molecule has 78 valence electrons. The van der Waals surface area contributed by atoms with Crippen LogP contribution >= 0.6 is 11.8 Å². The van der Waals surface area contributed by atoms with E-state index >= 15 is 0 Å². The van der Waals surface area contributed by atoms with Crippen molar-refractivity contribution in [3.63, 3.8) is 0 Å². The van der Waals surface area contributed by atoms with E-state index in [-0.39, 0.29) is 0 Å². The Morgan fingerprint density at radius 1 is 1.38 bits per heavy atom. The van der Waals surface area contributed by atoms with Gasteiger partial charge in [-0.2, -0.15) is 11.8 Å². The number of ether oxygens (including phenoxy) is 1. The predicted octanol–water partition coefficient (Wildman–Crippen LogP) is 1.90. The number of rotatable bonds is 5. The van der Waals surface area contributed by atoms with Crippen molar-refractivity contribution < 1.29 is 4.74 Å². The fourth-order valence-electron chi connectivity index (χ4n) is 1.46. The lowest BCUT2D eigenvalue weighted by atomic mass is 10.1. The second-order valence-corrected chi connectivity index (χ2v) is 5.44. The van der Waals surface area contributed by atoms with Crippen molar-refractivity contribution in [2.75, 3.05) is 25.5 Å². The first kappa shape index (κ1) is 11.3. The number of hydrogen-bond donors (Lipinski definition) is 1. The van der Waals surface area contributed by atoms with Gasteiger partial charge in [0.25, 0.3) is 0 Å². The summed E-state index contributed by atoms with van der Waals surface area (Å²) in [7, 11) is 0. The van der Waals surface area contributed by atoms with E-state index in [1.54, 1.807) is 0 Å². The van der Waals surface area contributed by atoms with E-state index in [0.717, 1.165) is 25.0 Å². The second kappa shape index (κ2) is 6.68. The van der Waals surface area contributed by atoms with E-state index in [2.05, 4.69) is 19.2 Å². The van der Waals surface area contributed by atoms with Gasteiger partial charge >= 0.3 is 0 Å². The van der Waals surface area contributed by atoms with Gasteiger partial charge in [-0.15, -0.1) is 0 Å². The summed E-state index contributed by atoms with van der Waals surface area (Å²) in [6.07, 6.45) is 2.37. The minimum Gasteiger partial charge on any atom is -0.381 e. The molecule has 3 heteroatoms. The molecule has 1 heterocycles. The third-order valence-corrected chi connectivity index (χ3v) is 3.31. The highest BCUT2D eigenvalue weighted by molar-refractivity contribution is 7.99. The molecule has 0 aliphatic carbocycles. The summed E-state index contributed by atoms with van der Waals surface area (Å²) in [5.41, 5.74) is 0. The molecule has 1 N–H and O–H groups in total. The smallest absolute Gasteiger partial charge is 0.0480 e. The van der Waals surface area contributed by atoms with Gasteiger partial charge in [-0.1, -0.05) is 13.8 Å². The summed E-state index contributed by atoms with van der Waals surface area (Å²) < 4.78 is 5.30. The Kier molecular flexibility index (Phi) is 5.83. The Morgan fingerprint density at radius 2 is 2.08 bits per heavy atom. The lowest BCUT2D eigenvalue weighted by molar-refractivity contribution is 0.0786. The Balaban J connectivity index is 1.92. The van der Waals surface area contributed by atoms with Crippen LogP contribution in [0.3, 0.4) is 0 Å². The summed E-state index contributed by atoms with van der Waals surface area (Å²) in [6, 6.07) is 0.710. The Hall–Kier alpha value is 0.270. The standard InChI is InChI=1S/C10H21NOS/c1-9(2)13-8-5-11-10-3-6-12-7-4-10/h9-11H,3-8H2,1-2H3. The molecule has 0 atom stereocenters.